The zero-order valence-electron chi connectivity index (χ0n) is 20.1. The number of sulfone groups is 1. The Kier molecular flexibility index (Phi) is 8.16. The van der Waals surface area contributed by atoms with Crippen LogP contribution in [0.2, 0.25) is 0 Å². The van der Waals surface area contributed by atoms with Crippen LogP contribution in [0.1, 0.15) is 38.2 Å². The van der Waals surface area contributed by atoms with E-state index in [1.54, 1.807) is 6.92 Å². The van der Waals surface area contributed by atoms with Crippen LogP contribution in [0, 0.1) is 5.92 Å². The normalized spacial score (nSPS) is 21.9. The summed E-state index contributed by atoms with van der Waals surface area (Å²) in [6.45, 7) is 1.54. The summed E-state index contributed by atoms with van der Waals surface area (Å²) in [7, 11) is -3.41. The Labute approximate surface area is 213 Å². The molecular weight excluding hydrogens is 508 g/mol. The molecule has 9 nitrogen and oxygen atoms in total. The molecule has 12 heteroatoms. The molecule has 0 radical (unpaired) electrons. The number of anilines is 1. The molecule has 1 aromatic heterocycles. The van der Waals surface area contributed by atoms with Crippen LogP contribution in [0.3, 0.4) is 0 Å². The Bertz CT molecular complexity index is 1250. The summed E-state index contributed by atoms with van der Waals surface area (Å²) in [5, 5.41) is 2.21. The van der Waals surface area contributed by atoms with Crippen molar-refractivity contribution in [1.29, 1.82) is 0 Å². The third-order valence-corrected chi connectivity index (χ3v) is 8.34. The lowest BCUT2D eigenvalue weighted by atomic mass is 9.98. The smallest absolute Gasteiger partial charge is 0.344 e. The molecule has 2 aliphatic carbocycles. The van der Waals surface area contributed by atoms with E-state index in [4.69, 9.17) is 9.47 Å². The first kappa shape index (κ1) is 26.6. The van der Waals surface area contributed by atoms with Crippen molar-refractivity contribution in [1.82, 2.24) is 9.97 Å². The second-order valence-electron chi connectivity index (χ2n) is 8.90. The molecule has 2 fully saturated rings. The van der Waals surface area contributed by atoms with Gasteiger partial charge in [-0.1, -0.05) is 18.2 Å². The molecule has 0 spiro atoms. The predicted octanol–water partition coefficient (Wildman–Crippen LogP) is 3.46. The standard InChI is InChI=1S/C25H27F2N3O6S/c1-2-35-24(31)14-36-23-13-28-22(12-29-23)30-25(32)19(9-15-10-20(26)21(27)11-15)16-3-5-17(6-4-16)37(33,34)18-7-8-18/h3-6,9,12-13,15,18,20-21H,2,7-8,10-11,14H2,1H3,(H,28,30,32)/b19-9+/t15?,20-,21+. The van der Waals surface area contributed by atoms with E-state index in [2.05, 4.69) is 15.3 Å². The number of rotatable bonds is 10. The summed E-state index contributed by atoms with van der Waals surface area (Å²) in [5.74, 6) is -1.56. The number of hydrogen-bond donors (Lipinski definition) is 1. The first-order chi connectivity index (χ1) is 17.7. The van der Waals surface area contributed by atoms with Crippen molar-refractivity contribution in [3.63, 3.8) is 0 Å². The van der Waals surface area contributed by atoms with Crippen LogP contribution >= 0.6 is 0 Å². The summed E-state index contributed by atoms with van der Waals surface area (Å²) in [6, 6.07) is 5.88. The van der Waals surface area contributed by atoms with Gasteiger partial charge in [0.05, 0.1) is 29.1 Å². The van der Waals surface area contributed by atoms with Crippen LogP contribution in [0.15, 0.2) is 47.6 Å². The van der Waals surface area contributed by atoms with Gasteiger partial charge in [-0.05, 0) is 56.2 Å². The fraction of sp³-hybridized carbons (Fsp3) is 0.440. The molecular formula is C25H27F2N3O6S. The second kappa shape index (κ2) is 11.3. The summed E-state index contributed by atoms with van der Waals surface area (Å²) in [6.07, 6.45) is 1.88. The molecule has 37 heavy (non-hydrogen) atoms. The second-order valence-corrected chi connectivity index (χ2v) is 11.1. The van der Waals surface area contributed by atoms with Crippen LogP contribution in [0.4, 0.5) is 14.6 Å². The Balaban J connectivity index is 1.51. The first-order valence-corrected chi connectivity index (χ1v) is 13.5. The highest BCUT2D eigenvalue weighted by atomic mass is 32.2. The summed E-state index contributed by atoms with van der Waals surface area (Å²) < 4.78 is 62.6. The van der Waals surface area contributed by atoms with E-state index in [-0.39, 0.29) is 53.5 Å². The zero-order valence-corrected chi connectivity index (χ0v) is 20.9. The minimum Gasteiger partial charge on any atom is -0.465 e. The maximum absolute atomic E-state index is 13.8. The summed E-state index contributed by atoms with van der Waals surface area (Å²) in [5.41, 5.74) is 0.526. The minimum absolute atomic E-state index is 0.0446. The number of halogens is 2. The molecule has 0 bridgehead atoms. The number of carbonyl (C=O) groups is 2. The SMILES string of the molecule is CCOC(=O)COc1cnc(NC(=O)/C(=C/C2C[C@@H](F)[C@@H](F)C2)c2ccc(S(=O)(=O)C3CC3)cc2)cn1. The molecule has 2 aliphatic rings. The van der Waals surface area contributed by atoms with E-state index >= 15 is 0 Å². The van der Waals surface area contributed by atoms with Gasteiger partial charge in [0.2, 0.25) is 5.88 Å². The maximum atomic E-state index is 13.8. The van der Waals surface area contributed by atoms with Crippen LogP contribution in [0.5, 0.6) is 5.88 Å². The number of allylic oxidation sites excluding steroid dienone is 1. The Hall–Kier alpha value is -3.41. The van der Waals surface area contributed by atoms with E-state index in [9.17, 15) is 26.8 Å². The van der Waals surface area contributed by atoms with E-state index in [0.29, 0.717) is 18.4 Å². The average molecular weight is 536 g/mol. The Morgan fingerprint density at radius 3 is 2.32 bits per heavy atom. The van der Waals surface area contributed by atoms with Gasteiger partial charge < -0.3 is 14.8 Å². The number of benzene rings is 1. The van der Waals surface area contributed by atoms with Crippen molar-refractivity contribution in [3.8, 4) is 5.88 Å². The molecule has 1 N–H and O–H groups in total. The predicted molar refractivity (Wildman–Crippen MR) is 130 cm³/mol. The van der Waals surface area contributed by atoms with Gasteiger partial charge in [-0.2, -0.15) is 0 Å². The van der Waals surface area contributed by atoms with Gasteiger partial charge in [-0.15, -0.1) is 0 Å². The topological polar surface area (TPSA) is 125 Å². The maximum Gasteiger partial charge on any atom is 0.344 e. The Morgan fingerprint density at radius 2 is 1.76 bits per heavy atom. The van der Waals surface area contributed by atoms with Crippen molar-refractivity contribution in [2.45, 2.75) is 55.1 Å². The number of hydrogen-bond acceptors (Lipinski definition) is 8. The molecule has 1 heterocycles. The van der Waals surface area contributed by atoms with Crippen molar-refractivity contribution < 1.29 is 36.3 Å². The highest BCUT2D eigenvalue weighted by molar-refractivity contribution is 7.92. The molecule has 0 aliphatic heterocycles. The molecule has 3 atom stereocenters. The van der Waals surface area contributed by atoms with Crippen LogP contribution in [-0.2, 0) is 24.2 Å². The van der Waals surface area contributed by atoms with Gasteiger partial charge in [-0.25, -0.2) is 32.0 Å². The van der Waals surface area contributed by atoms with E-state index in [0.717, 1.165) is 0 Å². The molecule has 1 unspecified atom stereocenters. The lowest BCUT2D eigenvalue weighted by molar-refractivity contribution is -0.145. The zero-order chi connectivity index (χ0) is 26.6. The summed E-state index contributed by atoms with van der Waals surface area (Å²) >= 11 is 0. The number of nitrogens with one attached hydrogen (secondary N) is 1. The van der Waals surface area contributed by atoms with Crippen LogP contribution in [0.25, 0.3) is 5.57 Å². The van der Waals surface area contributed by atoms with E-state index in [1.165, 1.54) is 42.7 Å². The highest BCUT2D eigenvalue weighted by Crippen LogP contribution is 2.36. The quantitative estimate of drug-likeness (QED) is 0.362. The molecule has 2 aromatic rings. The molecule has 0 saturated heterocycles. The van der Waals surface area contributed by atoms with Crippen molar-refractivity contribution >= 4 is 33.1 Å². The number of ether oxygens (including phenoxy) is 2. The number of amides is 1. The van der Waals surface area contributed by atoms with Gasteiger partial charge in [0.25, 0.3) is 5.91 Å². The third-order valence-electron chi connectivity index (χ3n) is 6.07. The van der Waals surface area contributed by atoms with E-state index < -0.39 is 40.0 Å². The summed E-state index contributed by atoms with van der Waals surface area (Å²) in [4.78, 5) is 32.8. The fourth-order valence-corrected chi connectivity index (χ4v) is 5.67. The first-order valence-electron chi connectivity index (χ1n) is 11.9. The average Bonchev–Trinajstić information content (AvgIpc) is 3.69. The van der Waals surface area contributed by atoms with Crippen molar-refractivity contribution in [3.05, 3.63) is 48.3 Å². The highest BCUT2D eigenvalue weighted by Gasteiger charge is 2.37. The minimum atomic E-state index is -3.41. The molecule has 1 amide bonds. The lowest BCUT2D eigenvalue weighted by Crippen LogP contribution is -2.17. The number of nitrogens with zero attached hydrogens (tertiary/aromatic N) is 2. The van der Waals surface area contributed by atoms with Gasteiger partial charge in [0, 0.05) is 5.57 Å². The number of alkyl halides is 2. The van der Waals surface area contributed by atoms with Gasteiger partial charge >= 0.3 is 5.97 Å². The van der Waals surface area contributed by atoms with Gasteiger partial charge in [0.1, 0.15) is 12.3 Å². The van der Waals surface area contributed by atoms with Crippen molar-refractivity contribution in [2.75, 3.05) is 18.5 Å². The van der Waals surface area contributed by atoms with Crippen LogP contribution < -0.4 is 10.1 Å². The van der Waals surface area contributed by atoms with Crippen molar-refractivity contribution in [2.24, 2.45) is 5.92 Å². The van der Waals surface area contributed by atoms with E-state index in [1.807, 2.05) is 0 Å². The molecule has 1 aromatic carbocycles. The number of carbonyl (C=O) groups excluding carboxylic acids is 2. The molecule has 4 rings (SSSR count). The Morgan fingerprint density at radius 1 is 1.08 bits per heavy atom. The third kappa shape index (κ3) is 6.68. The molecule has 2 saturated carbocycles. The molecule has 198 valence electrons. The fourth-order valence-electron chi connectivity index (χ4n) is 4.01. The lowest BCUT2D eigenvalue weighted by Gasteiger charge is -2.13. The monoisotopic (exact) mass is 535 g/mol. The van der Waals surface area contributed by atoms with Gasteiger partial charge in [-0.3, -0.25) is 4.79 Å². The van der Waals surface area contributed by atoms with Crippen LogP contribution in [-0.4, -0.2) is 61.1 Å². The van der Waals surface area contributed by atoms with Gasteiger partial charge in [0.15, 0.2) is 22.3 Å². The largest absolute Gasteiger partial charge is 0.465 e. The number of aromatic nitrogens is 2. The number of esters is 1.